The Morgan fingerprint density at radius 2 is 1.84 bits per heavy atom. The molecule has 0 spiro atoms. The van der Waals surface area contributed by atoms with Crippen molar-refractivity contribution >= 4 is 44.5 Å². The van der Waals surface area contributed by atoms with Crippen LogP contribution in [0.5, 0.6) is 0 Å². The third-order valence-corrected chi connectivity index (χ3v) is 4.26. The molecule has 0 aliphatic rings. The van der Waals surface area contributed by atoms with Crippen LogP contribution in [0.2, 0.25) is 0 Å². The second kappa shape index (κ2) is 7.94. The second-order valence-electron chi connectivity index (χ2n) is 5.72. The predicted molar refractivity (Wildman–Crippen MR) is 107 cm³/mol. The first-order chi connectivity index (χ1) is 12.1. The summed E-state index contributed by atoms with van der Waals surface area (Å²) < 4.78 is 0.967. The van der Waals surface area contributed by atoms with Crippen molar-refractivity contribution in [2.24, 2.45) is 5.10 Å². The summed E-state index contributed by atoms with van der Waals surface area (Å²) in [6.45, 7) is 1.80. The molecule has 0 unspecified atom stereocenters. The highest BCUT2D eigenvalue weighted by atomic mass is 79.9. The molecule has 0 aromatic heterocycles. The van der Waals surface area contributed by atoms with Gasteiger partial charge in [-0.3, -0.25) is 4.79 Å². The van der Waals surface area contributed by atoms with E-state index in [1.165, 1.54) is 5.39 Å². The summed E-state index contributed by atoms with van der Waals surface area (Å²) in [6.07, 6.45) is 1.62. The number of nitrogens with one attached hydrogen (secondary N) is 2. The molecule has 0 fully saturated rings. The van der Waals surface area contributed by atoms with Crippen LogP contribution in [-0.2, 0) is 4.79 Å². The van der Waals surface area contributed by atoms with Crippen LogP contribution < -0.4 is 10.7 Å². The fourth-order valence-corrected chi connectivity index (χ4v) is 2.87. The van der Waals surface area contributed by atoms with Gasteiger partial charge in [-0.2, -0.15) is 5.10 Å². The van der Waals surface area contributed by atoms with Crippen molar-refractivity contribution in [1.29, 1.82) is 0 Å². The quantitative estimate of drug-likeness (QED) is 0.491. The number of benzene rings is 3. The average molecular weight is 396 g/mol. The van der Waals surface area contributed by atoms with Crippen molar-refractivity contribution in [3.8, 4) is 0 Å². The zero-order valence-corrected chi connectivity index (χ0v) is 15.3. The van der Waals surface area contributed by atoms with Crippen molar-refractivity contribution in [3.63, 3.8) is 0 Å². The van der Waals surface area contributed by atoms with Crippen LogP contribution in [0.25, 0.3) is 10.8 Å². The standard InChI is InChI=1S/C20H18BrN3O/c1-14(20(25)24-22-13-15-5-4-8-18(21)11-15)23-19-10-9-16-6-2-3-7-17(16)12-19/h2-14,23H,1H3,(H,24,25)/b22-13-/t14-/m1/s1. The van der Waals surface area contributed by atoms with Gasteiger partial charge in [0.2, 0.25) is 0 Å². The van der Waals surface area contributed by atoms with E-state index in [1.54, 1.807) is 13.1 Å². The number of amides is 1. The van der Waals surface area contributed by atoms with Crippen LogP contribution in [0.4, 0.5) is 5.69 Å². The molecule has 3 aromatic rings. The maximum absolute atomic E-state index is 12.2. The highest BCUT2D eigenvalue weighted by Gasteiger charge is 2.11. The number of nitrogens with zero attached hydrogens (tertiary/aromatic N) is 1. The minimum Gasteiger partial charge on any atom is -0.374 e. The molecule has 3 aromatic carbocycles. The van der Waals surface area contributed by atoms with Gasteiger partial charge in [-0.25, -0.2) is 5.43 Å². The van der Waals surface area contributed by atoms with Crippen LogP contribution in [0.3, 0.4) is 0 Å². The Labute approximate surface area is 155 Å². The molecule has 4 nitrogen and oxygen atoms in total. The number of hydrazone groups is 1. The maximum Gasteiger partial charge on any atom is 0.262 e. The molecule has 2 N–H and O–H groups in total. The minimum absolute atomic E-state index is 0.195. The first-order valence-corrected chi connectivity index (χ1v) is 8.75. The van der Waals surface area contributed by atoms with E-state index in [0.717, 1.165) is 21.1 Å². The summed E-state index contributed by atoms with van der Waals surface area (Å²) in [6, 6.07) is 21.4. The minimum atomic E-state index is -0.402. The van der Waals surface area contributed by atoms with Gasteiger partial charge in [0.1, 0.15) is 6.04 Å². The van der Waals surface area contributed by atoms with Gasteiger partial charge in [0.25, 0.3) is 5.91 Å². The molecule has 1 amide bonds. The van der Waals surface area contributed by atoms with Crippen LogP contribution >= 0.6 is 15.9 Å². The Balaban J connectivity index is 1.59. The summed E-state index contributed by atoms with van der Waals surface area (Å²) in [5.74, 6) is -0.195. The molecule has 3 rings (SSSR count). The lowest BCUT2D eigenvalue weighted by molar-refractivity contribution is -0.121. The predicted octanol–water partition coefficient (Wildman–Crippen LogP) is 4.55. The zero-order valence-electron chi connectivity index (χ0n) is 13.7. The van der Waals surface area contributed by atoms with E-state index in [-0.39, 0.29) is 5.91 Å². The number of halogens is 1. The molecule has 0 aliphatic carbocycles. The first kappa shape index (κ1) is 17.2. The van der Waals surface area contributed by atoms with E-state index >= 15 is 0 Å². The van der Waals surface area contributed by atoms with Crippen molar-refractivity contribution in [2.45, 2.75) is 13.0 Å². The number of hydrogen-bond acceptors (Lipinski definition) is 3. The highest BCUT2D eigenvalue weighted by molar-refractivity contribution is 9.10. The Hall–Kier alpha value is -2.66. The van der Waals surface area contributed by atoms with Crippen LogP contribution in [0.15, 0.2) is 76.3 Å². The topological polar surface area (TPSA) is 53.5 Å². The summed E-state index contributed by atoms with van der Waals surface area (Å²) >= 11 is 3.40. The van der Waals surface area contributed by atoms with Crippen molar-refractivity contribution < 1.29 is 4.79 Å². The lowest BCUT2D eigenvalue weighted by Crippen LogP contribution is -2.34. The van der Waals surface area contributed by atoms with E-state index < -0.39 is 6.04 Å². The number of rotatable bonds is 5. The number of carbonyl (C=O) groups is 1. The SMILES string of the molecule is C[C@@H](Nc1ccc2ccccc2c1)C(=O)N/N=C\c1cccc(Br)c1. The third-order valence-electron chi connectivity index (χ3n) is 3.76. The van der Waals surface area contributed by atoms with Gasteiger partial charge in [0.15, 0.2) is 0 Å². The van der Waals surface area contributed by atoms with Gasteiger partial charge in [0, 0.05) is 10.2 Å². The molecule has 25 heavy (non-hydrogen) atoms. The molecule has 0 saturated heterocycles. The fourth-order valence-electron chi connectivity index (χ4n) is 2.45. The summed E-state index contributed by atoms with van der Waals surface area (Å²) in [4.78, 5) is 12.2. The largest absolute Gasteiger partial charge is 0.374 e. The number of fused-ring (bicyclic) bond motifs is 1. The fraction of sp³-hybridized carbons (Fsp3) is 0.100. The third kappa shape index (κ3) is 4.67. The van der Waals surface area contributed by atoms with Crippen LogP contribution in [0, 0.1) is 0 Å². The van der Waals surface area contributed by atoms with Gasteiger partial charge in [-0.15, -0.1) is 0 Å². The number of hydrogen-bond donors (Lipinski definition) is 2. The summed E-state index contributed by atoms with van der Waals surface area (Å²) in [5, 5.41) is 9.51. The normalized spacial score (nSPS) is 12.2. The van der Waals surface area contributed by atoms with Crippen molar-refractivity contribution in [1.82, 2.24) is 5.43 Å². The monoisotopic (exact) mass is 395 g/mol. The van der Waals surface area contributed by atoms with Gasteiger partial charge in [0.05, 0.1) is 6.21 Å². The van der Waals surface area contributed by atoms with E-state index in [0.29, 0.717) is 0 Å². The maximum atomic E-state index is 12.2. The molecule has 0 bridgehead atoms. The lowest BCUT2D eigenvalue weighted by Gasteiger charge is -2.14. The summed E-state index contributed by atoms with van der Waals surface area (Å²) in [7, 11) is 0. The molecule has 0 radical (unpaired) electrons. The van der Waals surface area contributed by atoms with Gasteiger partial charge in [-0.05, 0) is 47.5 Å². The van der Waals surface area contributed by atoms with Gasteiger partial charge < -0.3 is 5.32 Å². The van der Waals surface area contributed by atoms with E-state index in [9.17, 15) is 4.79 Å². The van der Waals surface area contributed by atoms with Crippen molar-refractivity contribution in [2.75, 3.05) is 5.32 Å². The Bertz CT molecular complexity index is 923. The van der Waals surface area contributed by atoms with Crippen LogP contribution in [-0.4, -0.2) is 18.2 Å². The zero-order chi connectivity index (χ0) is 17.6. The molecule has 1 atom stereocenters. The Morgan fingerprint density at radius 1 is 1.04 bits per heavy atom. The summed E-state index contributed by atoms with van der Waals surface area (Å²) in [5.41, 5.74) is 4.37. The first-order valence-electron chi connectivity index (χ1n) is 7.96. The molecular formula is C20H18BrN3O. The van der Waals surface area contributed by atoms with E-state index in [4.69, 9.17) is 0 Å². The lowest BCUT2D eigenvalue weighted by atomic mass is 10.1. The molecule has 0 saturated carbocycles. The molecule has 0 aliphatic heterocycles. The molecule has 0 heterocycles. The Kier molecular flexibility index (Phi) is 5.46. The average Bonchev–Trinajstić information content (AvgIpc) is 2.61. The van der Waals surface area contributed by atoms with E-state index in [1.807, 2.05) is 60.7 Å². The van der Waals surface area contributed by atoms with E-state index in [2.05, 4.69) is 37.8 Å². The number of anilines is 1. The smallest absolute Gasteiger partial charge is 0.262 e. The van der Waals surface area contributed by atoms with Crippen molar-refractivity contribution in [3.05, 3.63) is 76.8 Å². The Morgan fingerprint density at radius 3 is 2.64 bits per heavy atom. The molecule has 5 heteroatoms. The van der Waals surface area contributed by atoms with Gasteiger partial charge >= 0.3 is 0 Å². The number of carbonyl (C=O) groups excluding carboxylic acids is 1. The van der Waals surface area contributed by atoms with Gasteiger partial charge in [-0.1, -0.05) is 58.4 Å². The molecular weight excluding hydrogens is 378 g/mol. The second-order valence-corrected chi connectivity index (χ2v) is 6.63. The molecule has 126 valence electrons. The highest BCUT2D eigenvalue weighted by Crippen LogP contribution is 2.19. The van der Waals surface area contributed by atoms with Crippen LogP contribution in [0.1, 0.15) is 12.5 Å².